The molecule has 1 aliphatic rings. The minimum absolute atomic E-state index is 0.0183. The molecule has 0 spiro atoms. The van der Waals surface area contributed by atoms with Gasteiger partial charge in [0.2, 0.25) is 5.91 Å². The highest BCUT2D eigenvalue weighted by atomic mass is 32.1. The molecule has 4 nitrogen and oxygen atoms in total. The smallest absolute Gasteiger partial charge is 0.236 e. The Morgan fingerprint density at radius 2 is 1.93 bits per heavy atom. The number of hydrogen-bond acceptors (Lipinski definition) is 3. The van der Waals surface area contributed by atoms with Crippen LogP contribution in [-0.2, 0) is 9.22 Å². The highest BCUT2D eigenvalue weighted by Gasteiger charge is 2.53. The zero-order chi connectivity index (χ0) is 21.3. The van der Waals surface area contributed by atoms with Gasteiger partial charge in [-0.2, -0.15) is 0 Å². The van der Waals surface area contributed by atoms with Gasteiger partial charge < -0.3 is 9.74 Å². The maximum Gasteiger partial charge on any atom is 0.236 e. The van der Waals surface area contributed by atoms with Crippen LogP contribution in [0.25, 0.3) is 0 Å². The highest BCUT2D eigenvalue weighted by Crippen LogP contribution is 2.41. The second kappa shape index (κ2) is 8.47. The Labute approximate surface area is 176 Å². The predicted octanol–water partition coefficient (Wildman–Crippen LogP) is 5.51. The second-order valence-corrected chi connectivity index (χ2v) is 14.3. The summed E-state index contributed by atoms with van der Waals surface area (Å²) in [5, 5.41) is 3.73. The molecule has 2 rings (SSSR count). The number of amides is 1. The standard InChI is InChI=1S/C22H34N2O2SSi/c1-9-10-18-19(16(3)26-28(7,8)22(4,5)6)20(25)24(18)21(27)23-17-13-11-15(2)12-14-17/h9,11-14,16,18-19H,1,10H2,2-8H3,(H,23,27)/t16-,18-,19-/m1/s1. The molecule has 1 aromatic carbocycles. The van der Waals surface area contributed by atoms with Crippen LogP contribution in [0.2, 0.25) is 18.1 Å². The first-order valence-corrected chi connectivity index (χ1v) is 13.2. The van der Waals surface area contributed by atoms with E-state index in [0.717, 1.165) is 5.69 Å². The van der Waals surface area contributed by atoms with Crippen LogP contribution in [-0.4, -0.2) is 36.4 Å². The van der Waals surface area contributed by atoms with Gasteiger partial charge in [-0.25, -0.2) is 0 Å². The Kier molecular flexibility index (Phi) is 6.89. The maximum atomic E-state index is 13.0. The van der Waals surface area contributed by atoms with Crippen molar-refractivity contribution in [1.82, 2.24) is 4.90 Å². The third-order valence-electron chi connectivity index (χ3n) is 5.99. The molecular formula is C22H34N2O2SSi. The van der Waals surface area contributed by atoms with Gasteiger partial charge >= 0.3 is 0 Å². The molecule has 0 unspecified atom stereocenters. The summed E-state index contributed by atoms with van der Waals surface area (Å²) in [4.78, 5) is 14.7. The van der Waals surface area contributed by atoms with E-state index in [4.69, 9.17) is 16.6 Å². The molecule has 1 fully saturated rings. The third kappa shape index (κ3) is 4.73. The second-order valence-electron chi connectivity index (χ2n) is 9.21. The molecule has 1 aliphatic heterocycles. The summed E-state index contributed by atoms with van der Waals surface area (Å²) in [6.45, 7) is 19.0. The molecule has 1 heterocycles. The minimum atomic E-state index is -1.96. The Morgan fingerprint density at radius 1 is 1.36 bits per heavy atom. The molecule has 0 saturated carbocycles. The maximum absolute atomic E-state index is 13.0. The normalized spacial score (nSPS) is 21.1. The lowest BCUT2D eigenvalue weighted by atomic mass is 9.82. The van der Waals surface area contributed by atoms with Crippen molar-refractivity contribution in [1.29, 1.82) is 0 Å². The van der Waals surface area contributed by atoms with E-state index in [1.54, 1.807) is 4.90 Å². The van der Waals surface area contributed by atoms with Crippen LogP contribution in [0.4, 0.5) is 5.69 Å². The third-order valence-corrected chi connectivity index (χ3v) is 10.9. The summed E-state index contributed by atoms with van der Waals surface area (Å²) >= 11 is 5.55. The van der Waals surface area contributed by atoms with Crippen molar-refractivity contribution in [3.05, 3.63) is 42.5 Å². The summed E-state index contributed by atoms with van der Waals surface area (Å²) in [6, 6.07) is 7.95. The lowest BCUT2D eigenvalue weighted by molar-refractivity contribution is -0.153. The zero-order valence-corrected chi connectivity index (χ0v) is 20.0. The fraction of sp³-hybridized carbons (Fsp3) is 0.545. The van der Waals surface area contributed by atoms with Crippen molar-refractivity contribution in [2.75, 3.05) is 5.32 Å². The molecule has 3 atom stereocenters. The fourth-order valence-corrected chi connectivity index (χ4v) is 5.06. The minimum Gasteiger partial charge on any atom is -0.413 e. The van der Waals surface area contributed by atoms with Gasteiger partial charge in [0, 0.05) is 5.69 Å². The van der Waals surface area contributed by atoms with E-state index >= 15 is 0 Å². The van der Waals surface area contributed by atoms with Crippen molar-refractivity contribution in [3.63, 3.8) is 0 Å². The molecule has 1 aromatic rings. The highest BCUT2D eigenvalue weighted by molar-refractivity contribution is 7.80. The first-order valence-electron chi connectivity index (χ1n) is 9.88. The van der Waals surface area contributed by atoms with Gasteiger partial charge in [-0.1, -0.05) is 44.5 Å². The van der Waals surface area contributed by atoms with Gasteiger partial charge in [0.25, 0.3) is 0 Å². The average molecular weight is 419 g/mol. The van der Waals surface area contributed by atoms with E-state index in [-0.39, 0.29) is 29.0 Å². The van der Waals surface area contributed by atoms with E-state index < -0.39 is 8.32 Å². The Bertz CT molecular complexity index is 740. The predicted molar refractivity (Wildman–Crippen MR) is 124 cm³/mol. The number of nitrogens with one attached hydrogen (secondary N) is 1. The number of likely N-dealkylation sites (tertiary alicyclic amines) is 1. The monoisotopic (exact) mass is 418 g/mol. The van der Waals surface area contributed by atoms with E-state index in [2.05, 4.69) is 45.8 Å². The zero-order valence-electron chi connectivity index (χ0n) is 18.2. The van der Waals surface area contributed by atoms with Gasteiger partial charge in [0.05, 0.1) is 18.1 Å². The van der Waals surface area contributed by atoms with E-state index in [9.17, 15) is 4.79 Å². The molecule has 0 radical (unpaired) electrons. The summed E-state index contributed by atoms with van der Waals surface area (Å²) in [6.07, 6.45) is 2.40. The van der Waals surface area contributed by atoms with Crippen molar-refractivity contribution in [2.24, 2.45) is 5.92 Å². The van der Waals surface area contributed by atoms with E-state index in [0.29, 0.717) is 11.5 Å². The van der Waals surface area contributed by atoms with E-state index in [1.165, 1.54) is 5.56 Å². The van der Waals surface area contributed by atoms with Crippen molar-refractivity contribution < 1.29 is 9.22 Å². The summed E-state index contributed by atoms with van der Waals surface area (Å²) in [7, 11) is -1.96. The van der Waals surface area contributed by atoms with Crippen molar-refractivity contribution in [2.45, 2.75) is 71.3 Å². The number of β-lactam (4-membered cyclic amide) rings is 1. The lowest BCUT2D eigenvalue weighted by Gasteiger charge is -2.51. The van der Waals surface area contributed by atoms with Gasteiger partial charge in [0.15, 0.2) is 13.4 Å². The summed E-state index contributed by atoms with van der Waals surface area (Å²) in [5.41, 5.74) is 2.06. The fourth-order valence-electron chi connectivity index (χ4n) is 3.29. The average Bonchev–Trinajstić information content (AvgIpc) is 2.55. The van der Waals surface area contributed by atoms with Crippen LogP contribution in [0.1, 0.15) is 39.7 Å². The molecule has 1 N–H and O–H groups in total. The number of carbonyl (C=O) groups is 1. The molecule has 1 amide bonds. The van der Waals surface area contributed by atoms with Gasteiger partial charge in [-0.05, 0) is 62.8 Å². The summed E-state index contributed by atoms with van der Waals surface area (Å²) in [5.74, 6) is -0.160. The molecule has 1 saturated heterocycles. The van der Waals surface area contributed by atoms with Gasteiger partial charge in [0.1, 0.15) is 0 Å². The van der Waals surface area contributed by atoms with Gasteiger partial charge in [-0.15, -0.1) is 6.58 Å². The first-order chi connectivity index (χ1) is 12.9. The number of nitrogens with zero attached hydrogens (tertiary/aromatic N) is 1. The molecule has 28 heavy (non-hydrogen) atoms. The quantitative estimate of drug-likeness (QED) is 0.286. The van der Waals surface area contributed by atoms with Crippen LogP contribution in [0.5, 0.6) is 0 Å². The number of hydrogen-bond donors (Lipinski definition) is 1. The van der Waals surface area contributed by atoms with E-state index in [1.807, 2.05) is 44.2 Å². The molecule has 154 valence electrons. The number of rotatable bonds is 6. The van der Waals surface area contributed by atoms with Gasteiger partial charge in [-0.3, -0.25) is 9.69 Å². The Morgan fingerprint density at radius 3 is 2.43 bits per heavy atom. The Hall–Kier alpha value is -1.50. The summed E-state index contributed by atoms with van der Waals surface area (Å²) < 4.78 is 6.51. The molecular weight excluding hydrogens is 384 g/mol. The molecule has 0 aromatic heterocycles. The number of aryl methyl sites for hydroxylation is 1. The van der Waals surface area contributed by atoms with Crippen molar-refractivity contribution in [3.8, 4) is 0 Å². The number of benzene rings is 1. The van der Waals surface area contributed by atoms with Crippen LogP contribution < -0.4 is 5.32 Å². The number of carbonyl (C=O) groups excluding carboxylic acids is 1. The SMILES string of the molecule is C=CC[C@@H]1[C@@H]([C@@H](C)O[Si](C)(C)C(C)(C)C)C(=O)N1C(=S)Nc1ccc(C)cc1. The molecule has 0 bridgehead atoms. The topological polar surface area (TPSA) is 41.6 Å². The Balaban J connectivity index is 2.12. The van der Waals surface area contributed by atoms with Crippen LogP contribution in [0, 0.1) is 12.8 Å². The largest absolute Gasteiger partial charge is 0.413 e. The van der Waals surface area contributed by atoms with Crippen LogP contribution >= 0.6 is 12.2 Å². The molecule has 0 aliphatic carbocycles. The number of thiocarbonyl (C=S) groups is 1. The van der Waals surface area contributed by atoms with Crippen LogP contribution in [0.15, 0.2) is 36.9 Å². The van der Waals surface area contributed by atoms with Crippen LogP contribution in [0.3, 0.4) is 0 Å². The van der Waals surface area contributed by atoms with Crippen molar-refractivity contribution >= 4 is 37.2 Å². The lowest BCUT2D eigenvalue weighted by Crippen LogP contribution is -2.67. The number of anilines is 1. The molecule has 6 heteroatoms. The first kappa shape index (κ1) is 22.8.